The first-order valence-corrected chi connectivity index (χ1v) is 5.53. The summed E-state index contributed by atoms with van der Waals surface area (Å²) < 4.78 is 0. The minimum absolute atomic E-state index is 0.669. The van der Waals surface area contributed by atoms with Crippen LogP contribution in [0.1, 0.15) is 53.4 Å². The van der Waals surface area contributed by atoms with Gasteiger partial charge in [0.15, 0.2) is 0 Å². The first-order chi connectivity index (χ1) is 6.16. The molecule has 0 aromatic rings. The molecule has 1 N–H and O–H groups in total. The highest BCUT2D eigenvalue weighted by atomic mass is 14.9. The molecule has 0 aromatic carbocycles. The molecule has 0 rings (SSSR count). The summed E-state index contributed by atoms with van der Waals surface area (Å²) in [6, 6.07) is 0.669. The molecule has 0 radical (unpaired) electrons. The molecule has 78 valence electrons. The van der Waals surface area contributed by atoms with Crippen LogP contribution in [-0.2, 0) is 0 Å². The van der Waals surface area contributed by atoms with Gasteiger partial charge in [0.1, 0.15) is 0 Å². The molecule has 0 aromatic heterocycles. The van der Waals surface area contributed by atoms with Crippen LogP contribution < -0.4 is 5.32 Å². The lowest BCUT2D eigenvalue weighted by molar-refractivity contribution is 0.509. The lowest BCUT2D eigenvalue weighted by Crippen LogP contribution is -2.25. The zero-order valence-electron chi connectivity index (χ0n) is 9.69. The van der Waals surface area contributed by atoms with Crippen molar-refractivity contribution in [2.24, 2.45) is 0 Å². The zero-order valence-corrected chi connectivity index (χ0v) is 9.69. The molecule has 1 unspecified atom stereocenters. The molecule has 0 spiro atoms. The molecule has 0 heterocycles. The monoisotopic (exact) mass is 183 g/mol. The van der Waals surface area contributed by atoms with Gasteiger partial charge in [0.2, 0.25) is 0 Å². The fourth-order valence-electron chi connectivity index (χ4n) is 1.27. The van der Waals surface area contributed by atoms with E-state index in [1.807, 2.05) is 0 Å². The predicted octanol–water partition coefficient (Wildman–Crippen LogP) is 3.51. The highest BCUT2D eigenvalue weighted by molar-refractivity contribution is 4.94. The maximum Gasteiger partial charge on any atom is 0.0139 e. The van der Waals surface area contributed by atoms with Crippen molar-refractivity contribution in [3.63, 3.8) is 0 Å². The summed E-state index contributed by atoms with van der Waals surface area (Å²) in [7, 11) is 0. The Morgan fingerprint density at radius 3 is 2.54 bits per heavy atom. The lowest BCUT2D eigenvalue weighted by Gasteiger charge is -2.11. The average molecular weight is 183 g/mol. The van der Waals surface area contributed by atoms with Gasteiger partial charge in [-0.25, -0.2) is 0 Å². The molecule has 0 bridgehead atoms. The molecule has 0 saturated heterocycles. The van der Waals surface area contributed by atoms with E-state index in [1.54, 1.807) is 0 Å². The van der Waals surface area contributed by atoms with Crippen molar-refractivity contribution in [3.05, 3.63) is 11.6 Å². The summed E-state index contributed by atoms with van der Waals surface area (Å²) in [5.41, 5.74) is 1.40. The highest BCUT2D eigenvalue weighted by Gasteiger charge is 1.98. The van der Waals surface area contributed by atoms with Crippen LogP contribution >= 0.6 is 0 Å². The van der Waals surface area contributed by atoms with Crippen molar-refractivity contribution in [1.82, 2.24) is 5.32 Å². The van der Waals surface area contributed by atoms with E-state index in [0.717, 1.165) is 6.54 Å². The van der Waals surface area contributed by atoms with Gasteiger partial charge in [-0.3, -0.25) is 0 Å². The van der Waals surface area contributed by atoms with Gasteiger partial charge in [-0.05, 0) is 27.2 Å². The third-order valence-electron chi connectivity index (χ3n) is 2.22. The lowest BCUT2D eigenvalue weighted by atomic mass is 10.1. The smallest absolute Gasteiger partial charge is 0.0139 e. The fraction of sp³-hybridized carbons (Fsp3) is 0.833. The van der Waals surface area contributed by atoms with E-state index < -0.39 is 0 Å². The Labute approximate surface area is 83.6 Å². The molecule has 1 atom stereocenters. The van der Waals surface area contributed by atoms with Crippen LogP contribution in [0.4, 0.5) is 0 Å². The van der Waals surface area contributed by atoms with Crippen molar-refractivity contribution < 1.29 is 0 Å². The molecule has 0 amide bonds. The average Bonchev–Trinajstić information content (AvgIpc) is 2.04. The van der Waals surface area contributed by atoms with Crippen LogP contribution in [0.15, 0.2) is 11.6 Å². The summed E-state index contributed by atoms with van der Waals surface area (Å²) in [4.78, 5) is 0. The van der Waals surface area contributed by atoms with Gasteiger partial charge in [-0.1, -0.05) is 37.8 Å². The SMILES string of the molecule is CCCCCC(C)NCC=C(C)C. The topological polar surface area (TPSA) is 12.0 Å². The van der Waals surface area contributed by atoms with Crippen molar-refractivity contribution in [1.29, 1.82) is 0 Å². The number of rotatable bonds is 7. The summed E-state index contributed by atoms with van der Waals surface area (Å²) in [6.45, 7) is 9.83. The minimum Gasteiger partial charge on any atom is -0.311 e. The third kappa shape index (κ3) is 9.62. The Balaban J connectivity index is 3.30. The molecule has 1 heteroatoms. The van der Waals surface area contributed by atoms with Crippen LogP contribution in [0, 0.1) is 0 Å². The second-order valence-electron chi connectivity index (χ2n) is 4.09. The predicted molar refractivity (Wildman–Crippen MR) is 61.0 cm³/mol. The summed E-state index contributed by atoms with van der Waals surface area (Å²) in [5, 5.41) is 3.50. The Morgan fingerprint density at radius 1 is 1.31 bits per heavy atom. The number of hydrogen-bond donors (Lipinski definition) is 1. The van der Waals surface area contributed by atoms with Crippen molar-refractivity contribution in [3.8, 4) is 0 Å². The summed E-state index contributed by atoms with van der Waals surface area (Å²) in [6.07, 6.45) is 7.61. The summed E-state index contributed by atoms with van der Waals surface area (Å²) >= 11 is 0. The summed E-state index contributed by atoms with van der Waals surface area (Å²) in [5.74, 6) is 0. The number of nitrogens with one attached hydrogen (secondary N) is 1. The molecular formula is C12H25N. The Kier molecular flexibility index (Phi) is 8.11. The molecule has 0 saturated carbocycles. The quantitative estimate of drug-likeness (QED) is 0.470. The second kappa shape index (κ2) is 8.31. The Morgan fingerprint density at radius 2 is 2.00 bits per heavy atom. The molecule has 0 aliphatic carbocycles. The van der Waals surface area contributed by atoms with E-state index in [9.17, 15) is 0 Å². The molecule has 13 heavy (non-hydrogen) atoms. The van der Waals surface area contributed by atoms with Crippen molar-refractivity contribution in [2.45, 2.75) is 59.4 Å². The molecule has 0 fully saturated rings. The highest BCUT2D eigenvalue weighted by Crippen LogP contribution is 2.02. The van der Waals surface area contributed by atoms with Gasteiger partial charge in [0, 0.05) is 12.6 Å². The third-order valence-corrected chi connectivity index (χ3v) is 2.22. The zero-order chi connectivity index (χ0) is 10.1. The van der Waals surface area contributed by atoms with Gasteiger partial charge in [-0.2, -0.15) is 0 Å². The fourth-order valence-corrected chi connectivity index (χ4v) is 1.27. The van der Waals surface area contributed by atoms with E-state index in [2.05, 4.69) is 39.1 Å². The molecule has 0 aliphatic heterocycles. The van der Waals surface area contributed by atoms with Crippen LogP contribution in [0.5, 0.6) is 0 Å². The maximum atomic E-state index is 3.50. The molecule has 1 nitrogen and oxygen atoms in total. The van der Waals surface area contributed by atoms with Gasteiger partial charge in [0.05, 0.1) is 0 Å². The van der Waals surface area contributed by atoms with Gasteiger partial charge >= 0.3 is 0 Å². The van der Waals surface area contributed by atoms with E-state index in [1.165, 1.54) is 31.3 Å². The van der Waals surface area contributed by atoms with Crippen LogP contribution in [0.25, 0.3) is 0 Å². The first kappa shape index (κ1) is 12.7. The minimum atomic E-state index is 0.669. The number of unbranched alkanes of at least 4 members (excludes halogenated alkanes) is 2. The first-order valence-electron chi connectivity index (χ1n) is 5.53. The van der Waals surface area contributed by atoms with E-state index in [0.29, 0.717) is 6.04 Å². The maximum absolute atomic E-state index is 3.50. The van der Waals surface area contributed by atoms with Crippen LogP contribution in [0.3, 0.4) is 0 Å². The molecule has 0 aliphatic rings. The van der Waals surface area contributed by atoms with Crippen LogP contribution in [0.2, 0.25) is 0 Å². The van der Waals surface area contributed by atoms with E-state index in [-0.39, 0.29) is 0 Å². The molecular weight excluding hydrogens is 158 g/mol. The van der Waals surface area contributed by atoms with Crippen LogP contribution in [-0.4, -0.2) is 12.6 Å². The normalized spacial score (nSPS) is 12.6. The Bertz CT molecular complexity index is 134. The Hall–Kier alpha value is -0.300. The van der Waals surface area contributed by atoms with Gasteiger partial charge < -0.3 is 5.32 Å². The standard InChI is InChI=1S/C12H25N/c1-5-6-7-8-12(4)13-10-9-11(2)3/h9,12-13H,5-8,10H2,1-4H3. The second-order valence-corrected chi connectivity index (χ2v) is 4.09. The van der Waals surface area contributed by atoms with Crippen molar-refractivity contribution in [2.75, 3.05) is 6.54 Å². The van der Waals surface area contributed by atoms with Gasteiger partial charge in [-0.15, -0.1) is 0 Å². The van der Waals surface area contributed by atoms with Crippen molar-refractivity contribution >= 4 is 0 Å². The van der Waals surface area contributed by atoms with E-state index in [4.69, 9.17) is 0 Å². The van der Waals surface area contributed by atoms with Gasteiger partial charge in [0.25, 0.3) is 0 Å². The number of hydrogen-bond acceptors (Lipinski definition) is 1. The van der Waals surface area contributed by atoms with E-state index >= 15 is 0 Å². The number of allylic oxidation sites excluding steroid dienone is 1. The largest absolute Gasteiger partial charge is 0.311 e.